The number of alkyl carbamates (subject to hydrolysis) is 1. The van der Waals surface area contributed by atoms with Gasteiger partial charge in [-0.1, -0.05) is 54.6 Å². The third-order valence-corrected chi connectivity index (χ3v) is 4.87. The minimum atomic E-state index is -0.619. The van der Waals surface area contributed by atoms with Gasteiger partial charge in [0.15, 0.2) is 0 Å². The molecular formula is C26H30N2O4. The first-order valence-corrected chi connectivity index (χ1v) is 10.6. The maximum Gasteiger partial charge on any atom is 0.408 e. The maximum absolute atomic E-state index is 12.4. The summed E-state index contributed by atoms with van der Waals surface area (Å²) in [5, 5.41) is 3.96. The lowest BCUT2D eigenvalue weighted by molar-refractivity contribution is -0.134. The number of hydrogen-bond donors (Lipinski definition) is 1. The number of carbonyl (C=O) groups is 2. The molecule has 0 radical (unpaired) electrons. The van der Waals surface area contributed by atoms with Crippen molar-refractivity contribution in [1.29, 1.82) is 0 Å². The largest absolute Gasteiger partial charge is 0.466 e. The van der Waals surface area contributed by atoms with Crippen LogP contribution in [0.15, 0.2) is 72.9 Å². The van der Waals surface area contributed by atoms with Crippen LogP contribution in [0.4, 0.5) is 4.79 Å². The van der Waals surface area contributed by atoms with Crippen LogP contribution in [-0.2, 0) is 27.2 Å². The van der Waals surface area contributed by atoms with Crippen molar-refractivity contribution in [3.05, 3.63) is 84.1 Å². The first kappa shape index (κ1) is 23.1. The summed E-state index contributed by atoms with van der Waals surface area (Å²) in [7, 11) is 1.32. The van der Waals surface area contributed by atoms with Crippen LogP contribution in [-0.4, -0.2) is 35.4 Å². The Kier molecular flexibility index (Phi) is 7.36. The lowest BCUT2D eigenvalue weighted by Crippen LogP contribution is -2.39. The van der Waals surface area contributed by atoms with Crippen LogP contribution >= 0.6 is 0 Å². The van der Waals surface area contributed by atoms with Crippen LogP contribution in [0.1, 0.15) is 31.9 Å². The number of para-hydroxylation sites is 1. The molecule has 0 saturated carbocycles. The van der Waals surface area contributed by atoms with E-state index in [0.717, 1.165) is 23.0 Å². The molecular weight excluding hydrogens is 404 g/mol. The summed E-state index contributed by atoms with van der Waals surface area (Å²) in [6, 6.07) is 18.0. The molecule has 0 fully saturated rings. The molecule has 0 bridgehead atoms. The number of hydrogen-bond acceptors (Lipinski definition) is 4. The molecule has 1 aromatic heterocycles. The number of aromatic nitrogens is 1. The Labute approximate surface area is 188 Å². The van der Waals surface area contributed by atoms with E-state index in [4.69, 9.17) is 9.47 Å². The molecule has 3 rings (SSSR count). The van der Waals surface area contributed by atoms with Gasteiger partial charge < -0.3 is 19.4 Å². The van der Waals surface area contributed by atoms with E-state index in [0.29, 0.717) is 6.42 Å². The van der Waals surface area contributed by atoms with Gasteiger partial charge in [-0.15, -0.1) is 0 Å². The molecule has 0 saturated heterocycles. The van der Waals surface area contributed by atoms with E-state index in [9.17, 15) is 9.59 Å². The van der Waals surface area contributed by atoms with Crippen molar-refractivity contribution >= 4 is 23.0 Å². The van der Waals surface area contributed by atoms with E-state index >= 15 is 0 Å². The van der Waals surface area contributed by atoms with Gasteiger partial charge in [0, 0.05) is 29.7 Å². The first-order valence-electron chi connectivity index (χ1n) is 10.6. The Morgan fingerprint density at radius 3 is 2.44 bits per heavy atom. The Morgan fingerprint density at radius 2 is 1.75 bits per heavy atom. The molecule has 0 unspecified atom stereocenters. The van der Waals surface area contributed by atoms with Crippen LogP contribution in [0.25, 0.3) is 10.9 Å². The highest BCUT2D eigenvalue weighted by Crippen LogP contribution is 2.24. The Bertz CT molecular complexity index is 1090. The van der Waals surface area contributed by atoms with Crippen LogP contribution in [0, 0.1) is 0 Å². The molecule has 0 spiro atoms. The average molecular weight is 435 g/mol. The highest BCUT2D eigenvalue weighted by Gasteiger charge is 2.20. The standard InChI is InChI=1S/C26H30N2O4/c1-26(2,3)32-25(30)27-21(14-15-24(29)31-4)16-20-18-28(17-19-10-6-5-7-11-19)23-13-9-8-12-22(20)23/h5-15,18,21H,16-17H2,1-4H3,(H,27,30)/t21-/m0/s1. The van der Waals surface area contributed by atoms with Crippen LogP contribution in [0.2, 0.25) is 0 Å². The third kappa shape index (κ3) is 6.48. The zero-order chi connectivity index (χ0) is 23.1. The molecule has 3 aromatic rings. The van der Waals surface area contributed by atoms with Crippen molar-refractivity contribution in [1.82, 2.24) is 9.88 Å². The zero-order valence-electron chi connectivity index (χ0n) is 19.0. The van der Waals surface area contributed by atoms with E-state index in [-0.39, 0.29) is 0 Å². The van der Waals surface area contributed by atoms with E-state index < -0.39 is 23.7 Å². The predicted octanol–water partition coefficient (Wildman–Crippen LogP) is 4.85. The molecule has 0 aliphatic heterocycles. The quantitative estimate of drug-likeness (QED) is 0.426. The van der Waals surface area contributed by atoms with Crippen LogP contribution < -0.4 is 5.32 Å². The van der Waals surface area contributed by atoms with Gasteiger partial charge in [-0.3, -0.25) is 0 Å². The number of rotatable bonds is 7. The fourth-order valence-corrected chi connectivity index (χ4v) is 3.52. The number of fused-ring (bicyclic) bond motifs is 1. The summed E-state index contributed by atoms with van der Waals surface area (Å²) in [5.74, 6) is -0.479. The zero-order valence-corrected chi connectivity index (χ0v) is 19.0. The first-order chi connectivity index (χ1) is 15.2. The lowest BCUT2D eigenvalue weighted by atomic mass is 10.0. The fourth-order valence-electron chi connectivity index (χ4n) is 3.52. The van der Waals surface area contributed by atoms with Crippen molar-refractivity contribution in [3.63, 3.8) is 0 Å². The SMILES string of the molecule is COC(=O)C=C[C@@H](Cc1cn(Cc2ccccc2)c2ccccc12)NC(=O)OC(C)(C)C. The third-order valence-electron chi connectivity index (χ3n) is 4.87. The monoisotopic (exact) mass is 434 g/mol. The minimum Gasteiger partial charge on any atom is -0.466 e. The molecule has 0 aliphatic carbocycles. The second kappa shape index (κ2) is 10.2. The number of amides is 1. The molecule has 0 aliphatic rings. The van der Waals surface area contributed by atoms with Gasteiger partial charge in [0.1, 0.15) is 5.60 Å². The van der Waals surface area contributed by atoms with Crippen molar-refractivity contribution in [2.24, 2.45) is 0 Å². The van der Waals surface area contributed by atoms with Gasteiger partial charge in [0.05, 0.1) is 13.2 Å². The topological polar surface area (TPSA) is 69.6 Å². The number of methoxy groups -OCH3 is 1. The van der Waals surface area contributed by atoms with Crippen molar-refractivity contribution in [3.8, 4) is 0 Å². The highest BCUT2D eigenvalue weighted by molar-refractivity contribution is 5.84. The van der Waals surface area contributed by atoms with E-state index in [2.05, 4.69) is 40.3 Å². The average Bonchev–Trinajstić information content (AvgIpc) is 3.08. The van der Waals surface area contributed by atoms with Crippen LogP contribution in [0.5, 0.6) is 0 Å². The molecule has 1 atom stereocenters. The van der Waals surface area contributed by atoms with Crippen molar-refractivity contribution in [2.75, 3.05) is 7.11 Å². The minimum absolute atomic E-state index is 0.445. The summed E-state index contributed by atoms with van der Waals surface area (Å²) < 4.78 is 12.3. The fraction of sp³-hybridized carbons (Fsp3) is 0.308. The Hall–Kier alpha value is -3.54. The number of carbonyl (C=O) groups excluding carboxylic acids is 2. The van der Waals surface area contributed by atoms with Gasteiger partial charge in [-0.25, -0.2) is 9.59 Å². The summed E-state index contributed by atoms with van der Waals surface area (Å²) >= 11 is 0. The van der Waals surface area contributed by atoms with Gasteiger partial charge in [0.2, 0.25) is 0 Å². The number of nitrogens with zero attached hydrogens (tertiary/aromatic N) is 1. The summed E-state index contributed by atoms with van der Waals surface area (Å²) in [6.45, 7) is 6.17. The van der Waals surface area contributed by atoms with Gasteiger partial charge >= 0.3 is 12.1 Å². The van der Waals surface area contributed by atoms with E-state index in [1.807, 2.05) is 51.1 Å². The summed E-state index contributed by atoms with van der Waals surface area (Å²) in [4.78, 5) is 24.0. The molecule has 32 heavy (non-hydrogen) atoms. The molecule has 1 heterocycles. The van der Waals surface area contributed by atoms with E-state index in [1.54, 1.807) is 6.08 Å². The maximum atomic E-state index is 12.4. The van der Waals surface area contributed by atoms with Crippen LogP contribution in [0.3, 0.4) is 0 Å². The normalized spacial score (nSPS) is 12.6. The summed E-state index contributed by atoms with van der Waals surface area (Å²) in [6.07, 6.45) is 5.03. The Balaban J connectivity index is 1.89. The van der Waals surface area contributed by atoms with Crippen molar-refractivity contribution in [2.45, 2.75) is 45.4 Å². The van der Waals surface area contributed by atoms with Gasteiger partial charge in [-0.05, 0) is 44.4 Å². The molecule has 1 N–H and O–H groups in total. The predicted molar refractivity (Wildman–Crippen MR) is 125 cm³/mol. The van der Waals surface area contributed by atoms with Gasteiger partial charge in [0.25, 0.3) is 0 Å². The molecule has 1 amide bonds. The van der Waals surface area contributed by atoms with Gasteiger partial charge in [-0.2, -0.15) is 0 Å². The number of nitrogens with one attached hydrogen (secondary N) is 1. The number of esters is 1. The molecule has 6 heteroatoms. The van der Waals surface area contributed by atoms with Crippen molar-refractivity contribution < 1.29 is 19.1 Å². The molecule has 6 nitrogen and oxygen atoms in total. The number of ether oxygens (including phenoxy) is 2. The van der Waals surface area contributed by atoms with E-state index in [1.165, 1.54) is 18.7 Å². The lowest BCUT2D eigenvalue weighted by Gasteiger charge is -2.22. The molecule has 168 valence electrons. The number of benzene rings is 2. The second-order valence-electron chi connectivity index (χ2n) is 8.62. The molecule has 2 aromatic carbocycles. The second-order valence-corrected chi connectivity index (χ2v) is 8.62. The summed E-state index contributed by atoms with van der Waals surface area (Å²) in [5.41, 5.74) is 2.76. The highest BCUT2D eigenvalue weighted by atomic mass is 16.6. The Morgan fingerprint density at radius 1 is 1.06 bits per heavy atom. The smallest absolute Gasteiger partial charge is 0.408 e.